The molecule has 3 saturated heterocycles. The Hall–Kier alpha value is -1.99. The predicted molar refractivity (Wildman–Crippen MR) is 92.8 cm³/mol. The number of carbonyl (C=O) groups excluding carboxylic acids is 2. The number of carbonyl (C=O) groups is 2. The summed E-state index contributed by atoms with van der Waals surface area (Å²) in [6.07, 6.45) is 5.22. The van der Waals surface area contributed by atoms with Crippen LogP contribution >= 0.6 is 15.9 Å². The van der Waals surface area contributed by atoms with Crippen LogP contribution in [0.25, 0.3) is 0 Å². The van der Waals surface area contributed by atoms with Crippen LogP contribution in [0.3, 0.4) is 0 Å². The van der Waals surface area contributed by atoms with Crippen LogP contribution in [0.2, 0.25) is 0 Å². The van der Waals surface area contributed by atoms with Gasteiger partial charge in [0.2, 0.25) is 11.8 Å². The Morgan fingerprint density at radius 1 is 1.16 bits per heavy atom. The molecule has 5 rings (SSSR count). The summed E-state index contributed by atoms with van der Waals surface area (Å²) in [5, 5.41) is 4.25. The molecule has 2 bridgehead atoms. The van der Waals surface area contributed by atoms with E-state index in [0.717, 1.165) is 22.9 Å². The Bertz CT molecular complexity index is 852. The molecule has 25 heavy (non-hydrogen) atoms. The van der Waals surface area contributed by atoms with Gasteiger partial charge in [0.25, 0.3) is 0 Å². The number of hydrogen-bond donors (Lipinski definition) is 0. The third kappa shape index (κ3) is 2.29. The van der Waals surface area contributed by atoms with Crippen LogP contribution in [0.15, 0.2) is 41.1 Å². The van der Waals surface area contributed by atoms with Gasteiger partial charge in [0.05, 0.1) is 46.9 Å². The second kappa shape index (κ2) is 5.51. The van der Waals surface area contributed by atoms with Gasteiger partial charge in [-0.25, -0.2) is 4.90 Å². The molecule has 0 spiro atoms. The lowest BCUT2D eigenvalue weighted by Gasteiger charge is -2.18. The van der Waals surface area contributed by atoms with Crippen LogP contribution in [0, 0.1) is 11.8 Å². The molecule has 2 amide bonds. The molecular formula is C18H16BrN3O3. The second-order valence-electron chi connectivity index (χ2n) is 6.88. The van der Waals surface area contributed by atoms with Crippen LogP contribution < -0.4 is 4.90 Å². The maximum atomic E-state index is 12.9. The summed E-state index contributed by atoms with van der Waals surface area (Å²) in [6.45, 7) is 0.580. The van der Waals surface area contributed by atoms with Gasteiger partial charge < -0.3 is 4.74 Å². The van der Waals surface area contributed by atoms with Gasteiger partial charge in [0.15, 0.2) is 0 Å². The van der Waals surface area contributed by atoms with E-state index in [1.54, 1.807) is 10.9 Å². The average molecular weight is 402 g/mol. The molecular weight excluding hydrogens is 386 g/mol. The molecule has 0 unspecified atom stereocenters. The first-order chi connectivity index (χ1) is 12.1. The van der Waals surface area contributed by atoms with Crippen LogP contribution in [0.1, 0.15) is 18.4 Å². The highest BCUT2D eigenvalue weighted by Crippen LogP contribution is 2.49. The van der Waals surface area contributed by atoms with Gasteiger partial charge in [-0.3, -0.25) is 14.3 Å². The summed E-state index contributed by atoms with van der Waals surface area (Å²) in [7, 11) is 0. The minimum atomic E-state index is -0.294. The van der Waals surface area contributed by atoms with Crippen LogP contribution in [0.4, 0.5) is 5.69 Å². The number of rotatable bonds is 3. The van der Waals surface area contributed by atoms with Crippen molar-refractivity contribution in [2.45, 2.75) is 31.6 Å². The molecule has 6 nitrogen and oxygen atoms in total. The van der Waals surface area contributed by atoms with E-state index in [-0.39, 0.29) is 35.9 Å². The molecule has 3 aliphatic heterocycles. The number of ether oxygens (including phenoxy) is 1. The predicted octanol–water partition coefficient (Wildman–Crippen LogP) is 2.36. The Labute approximate surface area is 152 Å². The third-order valence-corrected chi connectivity index (χ3v) is 5.81. The largest absolute Gasteiger partial charge is 0.373 e. The fourth-order valence-electron chi connectivity index (χ4n) is 4.37. The Balaban J connectivity index is 1.44. The van der Waals surface area contributed by atoms with Crippen molar-refractivity contribution in [1.29, 1.82) is 0 Å². The molecule has 0 saturated carbocycles. The highest BCUT2D eigenvalue weighted by Gasteiger charge is 2.62. The summed E-state index contributed by atoms with van der Waals surface area (Å²) in [5.41, 5.74) is 1.64. The van der Waals surface area contributed by atoms with E-state index in [0.29, 0.717) is 12.2 Å². The normalized spacial score (nSPS) is 30.4. The second-order valence-corrected chi connectivity index (χ2v) is 7.80. The van der Waals surface area contributed by atoms with Gasteiger partial charge in [-0.2, -0.15) is 5.10 Å². The quantitative estimate of drug-likeness (QED) is 0.740. The molecule has 1 aromatic heterocycles. The van der Waals surface area contributed by atoms with E-state index in [4.69, 9.17) is 4.74 Å². The number of aromatic nitrogens is 2. The number of hydrogen-bond acceptors (Lipinski definition) is 4. The Kier molecular flexibility index (Phi) is 3.36. The number of nitrogens with zero attached hydrogens (tertiary/aromatic N) is 3. The Morgan fingerprint density at radius 3 is 2.52 bits per heavy atom. The molecule has 0 radical (unpaired) electrons. The SMILES string of the molecule is O=C1[C@@H]2[C@H](C(=O)N1c1cccc(Cn3cc(Br)cn3)c1)[C@@H]1CC[C@@H]2O1. The lowest BCUT2D eigenvalue weighted by atomic mass is 9.81. The van der Waals surface area contributed by atoms with E-state index in [9.17, 15) is 9.59 Å². The molecule has 7 heteroatoms. The standard InChI is InChI=1S/C18H16BrN3O3/c19-11-7-20-21(9-11)8-10-2-1-3-12(6-10)22-17(23)15-13-4-5-14(25-13)16(15)18(22)24/h1-3,6-7,9,13-16H,4-5,8H2/t13-,14-,15-,16+/m0/s1. The van der Waals surface area contributed by atoms with Crippen molar-refractivity contribution < 1.29 is 14.3 Å². The zero-order valence-electron chi connectivity index (χ0n) is 13.3. The number of halogens is 1. The molecule has 2 aromatic rings. The van der Waals surface area contributed by atoms with Crippen LogP contribution in [-0.2, 0) is 20.9 Å². The first-order valence-electron chi connectivity index (χ1n) is 8.42. The Morgan fingerprint density at radius 2 is 1.88 bits per heavy atom. The van der Waals surface area contributed by atoms with Crippen molar-refractivity contribution in [3.8, 4) is 0 Å². The lowest BCUT2D eigenvalue weighted by Crippen LogP contribution is -2.34. The van der Waals surface area contributed by atoms with Gasteiger partial charge in [-0.1, -0.05) is 12.1 Å². The van der Waals surface area contributed by atoms with E-state index >= 15 is 0 Å². The number of anilines is 1. The summed E-state index contributed by atoms with van der Waals surface area (Å²) in [5.74, 6) is -0.809. The average Bonchev–Trinajstić information content (AvgIpc) is 3.34. The first-order valence-corrected chi connectivity index (χ1v) is 9.21. The van der Waals surface area contributed by atoms with E-state index in [1.165, 1.54) is 4.90 Å². The van der Waals surface area contributed by atoms with Crippen LogP contribution in [0.5, 0.6) is 0 Å². The van der Waals surface area contributed by atoms with Gasteiger partial charge in [-0.05, 0) is 46.5 Å². The van der Waals surface area contributed by atoms with E-state index in [1.807, 2.05) is 30.5 Å². The fourth-order valence-corrected chi connectivity index (χ4v) is 4.70. The minimum Gasteiger partial charge on any atom is -0.373 e. The van der Waals surface area contributed by atoms with E-state index < -0.39 is 0 Å². The molecule has 4 atom stereocenters. The highest BCUT2D eigenvalue weighted by atomic mass is 79.9. The van der Waals surface area contributed by atoms with Crippen LogP contribution in [-0.4, -0.2) is 33.8 Å². The van der Waals surface area contributed by atoms with Crippen molar-refractivity contribution in [2.75, 3.05) is 4.90 Å². The lowest BCUT2D eigenvalue weighted by molar-refractivity contribution is -0.124. The van der Waals surface area contributed by atoms with Gasteiger partial charge >= 0.3 is 0 Å². The van der Waals surface area contributed by atoms with Crippen molar-refractivity contribution >= 4 is 33.4 Å². The molecule has 3 aliphatic rings. The fraction of sp³-hybridized carbons (Fsp3) is 0.389. The first kappa shape index (κ1) is 15.3. The highest BCUT2D eigenvalue weighted by molar-refractivity contribution is 9.10. The molecule has 0 aliphatic carbocycles. The smallest absolute Gasteiger partial charge is 0.240 e. The summed E-state index contributed by atoms with van der Waals surface area (Å²) in [4.78, 5) is 27.1. The molecule has 3 fully saturated rings. The zero-order valence-corrected chi connectivity index (χ0v) is 14.9. The zero-order chi connectivity index (χ0) is 17.1. The van der Waals surface area contributed by atoms with Gasteiger partial charge in [0, 0.05) is 6.20 Å². The van der Waals surface area contributed by atoms with Gasteiger partial charge in [-0.15, -0.1) is 0 Å². The summed E-state index contributed by atoms with van der Waals surface area (Å²) < 4.78 is 8.50. The van der Waals surface area contributed by atoms with Crippen molar-refractivity contribution in [3.05, 3.63) is 46.7 Å². The number of imide groups is 1. The van der Waals surface area contributed by atoms with Crippen molar-refractivity contribution in [3.63, 3.8) is 0 Å². The van der Waals surface area contributed by atoms with Crippen molar-refractivity contribution in [2.24, 2.45) is 11.8 Å². The summed E-state index contributed by atoms with van der Waals surface area (Å²) >= 11 is 3.38. The summed E-state index contributed by atoms with van der Waals surface area (Å²) in [6, 6.07) is 7.57. The minimum absolute atomic E-state index is 0.0824. The topological polar surface area (TPSA) is 64.4 Å². The number of benzene rings is 1. The van der Waals surface area contributed by atoms with E-state index in [2.05, 4.69) is 21.0 Å². The van der Waals surface area contributed by atoms with Gasteiger partial charge in [0.1, 0.15) is 0 Å². The number of fused-ring (bicyclic) bond motifs is 5. The maximum absolute atomic E-state index is 12.9. The number of amides is 2. The molecule has 1 aromatic carbocycles. The third-order valence-electron chi connectivity index (χ3n) is 5.40. The molecule has 0 N–H and O–H groups in total. The molecule has 4 heterocycles. The monoisotopic (exact) mass is 401 g/mol. The molecule has 128 valence electrons. The maximum Gasteiger partial charge on any atom is 0.240 e. The van der Waals surface area contributed by atoms with Crippen molar-refractivity contribution in [1.82, 2.24) is 9.78 Å².